The molecule has 0 fully saturated rings. The van der Waals surface area contributed by atoms with Crippen LogP contribution in [0.4, 0.5) is 0 Å². The Labute approximate surface area is 71.9 Å². The van der Waals surface area contributed by atoms with E-state index in [1.807, 2.05) is 0 Å². The van der Waals surface area contributed by atoms with E-state index in [2.05, 4.69) is 37.0 Å². The van der Waals surface area contributed by atoms with Gasteiger partial charge in [0.1, 0.15) is 0 Å². The van der Waals surface area contributed by atoms with Gasteiger partial charge >= 0.3 is 0 Å². The molecule has 0 spiro atoms. The molecule has 0 bridgehead atoms. The molecule has 0 atom stereocenters. The number of hydrogen-bond donors (Lipinski definition) is 0. The molecule has 0 amide bonds. The minimum Gasteiger partial charge on any atom is -0.0972 e. The molecule has 0 saturated carbocycles. The Balaban J connectivity index is 3.28. The Kier molecular flexibility index (Phi) is 9.16. The molecule has 1 heteroatoms. The standard InChI is InChI=1S/C10H14P/c1-3-5-7-9-11-10-8-6-4-2/h3-6H2,1-2H3. The van der Waals surface area contributed by atoms with Crippen LogP contribution in [-0.4, -0.2) is 0 Å². The second-order valence-electron chi connectivity index (χ2n) is 2.19. The summed E-state index contributed by atoms with van der Waals surface area (Å²) in [7, 11) is 0.970. The number of unbranched alkanes of at least 4 members (excludes halogenated alkanes) is 2. The van der Waals surface area contributed by atoms with E-state index in [0.29, 0.717) is 0 Å². The molecule has 0 saturated heterocycles. The predicted octanol–water partition coefficient (Wildman–Crippen LogP) is 3.45. The lowest BCUT2D eigenvalue weighted by Gasteiger charge is -1.76. The summed E-state index contributed by atoms with van der Waals surface area (Å²) in [4.78, 5) is 0. The van der Waals surface area contributed by atoms with Crippen LogP contribution in [0.25, 0.3) is 0 Å². The van der Waals surface area contributed by atoms with E-state index < -0.39 is 0 Å². The monoisotopic (exact) mass is 165 g/mol. The highest BCUT2D eigenvalue weighted by Gasteiger charge is 1.72. The maximum atomic E-state index is 3.05. The fourth-order valence-electron chi connectivity index (χ4n) is 0.469. The lowest BCUT2D eigenvalue weighted by molar-refractivity contribution is 0.984. The molecule has 0 heterocycles. The molecule has 0 unspecified atom stereocenters. The molecule has 0 aromatic carbocycles. The molecule has 0 aromatic rings. The molecule has 1 radical (unpaired) electrons. The van der Waals surface area contributed by atoms with Crippen molar-refractivity contribution in [2.75, 3.05) is 0 Å². The van der Waals surface area contributed by atoms with Crippen molar-refractivity contribution in [1.82, 2.24) is 0 Å². The molecule has 0 aliphatic rings. The van der Waals surface area contributed by atoms with Gasteiger partial charge in [0.15, 0.2) is 0 Å². The van der Waals surface area contributed by atoms with Gasteiger partial charge in [-0.1, -0.05) is 37.0 Å². The first kappa shape index (κ1) is 10.6. The van der Waals surface area contributed by atoms with Gasteiger partial charge < -0.3 is 0 Å². The second-order valence-corrected chi connectivity index (χ2v) is 2.86. The molecular formula is C10H14P. The minimum atomic E-state index is 0.970. The van der Waals surface area contributed by atoms with Crippen LogP contribution >= 0.6 is 8.58 Å². The molecular weight excluding hydrogens is 151 g/mol. The Hall–Kier alpha value is -0.450. The fraction of sp³-hybridized carbons (Fsp3) is 0.600. The van der Waals surface area contributed by atoms with Crippen molar-refractivity contribution in [3.05, 3.63) is 0 Å². The average molecular weight is 165 g/mol. The molecule has 11 heavy (non-hydrogen) atoms. The van der Waals surface area contributed by atoms with E-state index in [9.17, 15) is 0 Å². The summed E-state index contributed by atoms with van der Waals surface area (Å²) in [5.74, 6) is 6.09. The molecule has 0 aliphatic carbocycles. The van der Waals surface area contributed by atoms with E-state index in [1.165, 1.54) is 0 Å². The number of hydrogen-bond acceptors (Lipinski definition) is 0. The Morgan fingerprint density at radius 1 is 0.909 bits per heavy atom. The van der Waals surface area contributed by atoms with Crippen LogP contribution in [0.3, 0.4) is 0 Å². The van der Waals surface area contributed by atoms with E-state index in [4.69, 9.17) is 0 Å². The van der Waals surface area contributed by atoms with Gasteiger partial charge in [0.05, 0.1) is 8.58 Å². The summed E-state index contributed by atoms with van der Waals surface area (Å²) in [5.41, 5.74) is 5.99. The molecule has 0 aliphatic heterocycles. The first-order valence-electron chi connectivity index (χ1n) is 4.07. The summed E-state index contributed by atoms with van der Waals surface area (Å²) >= 11 is 0. The zero-order valence-electron chi connectivity index (χ0n) is 7.28. The molecule has 0 rings (SSSR count). The highest BCUT2D eigenvalue weighted by atomic mass is 31.1. The lowest BCUT2D eigenvalue weighted by Crippen LogP contribution is -1.59. The summed E-state index contributed by atoms with van der Waals surface area (Å²) in [6.07, 6.45) is 4.29. The smallest absolute Gasteiger partial charge is 0.0972 e. The Morgan fingerprint density at radius 3 is 1.73 bits per heavy atom. The quantitative estimate of drug-likeness (QED) is 0.434. The van der Waals surface area contributed by atoms with Crippen molar-refractivity contribution in [2.45, 2.75) is 39.5 Å². The third kappa shape index (κ3) is 9.55. The molecule has 0 nitrogen and oxygen atoms in total. The Bertz CT molecular complexity index is 162. The van der Waals surface area contributed by atoms with Crippen molar-refractivity contribution in [1.29, 1.82) is 0 Å². The third-order valence-corrected chi connectivity index (χ3v) is 1.56. The number of rotatable bonds is 2. The van der Waals surface area contributed by atoms with Gasteiger partial charge in [0.25, 0.3) is 0 Å². The van der Waals surface area contributed by atoms with Crippen molar-refractivity contribution in [3.63, 3.8) is 0 Å². The topological polar surface area (TPSA) is 0 Å². The average Bonchev–Trinajstić information content (AvgIpc) is 2.03. The van der Waals surface area contributed by atoms with Gasteiger partial charge in [0.2, 0.25) is 0 Å². The van der Waals surface area contributed by atoms with Crippen LogP contribution < -0.4 is 0 Å². The van der Waals surface area contributed by atoms with Crippen LogP contribution in [0.5, 0.6) is 0 Å². The largest absolute Gasteiger partial charge is 0.0995 e. The molecule has 0 aromatic heterocycles. The SMILES string of the molecule is CCCC#C[P]C#CCCC. The van der Waals surface area contributed by atoms with Crippen molar-refractivity contribution in [3.8, 4) is 23.2 Å². The van der Waals surface area contributed by atoms with E-state index in [1.54, 1.807) is 0 Å². The fourth-order valence-corrected chi connectivity index (χ4v) is 0.906. The second kappa shape index (κ2) is 9.55. The first-order chi connectivity index (χ1) is 5.41. The van der Waals surface area contributed by atoms with Gasteiger partial charge in [-0.15, -0.1) is 0 Å². The summed E-state index contributed by atoms with van der Waals surface area (Å²) in [5, 5.41) is 0. The first-order valence-corrected chi connectivity index (χ1v) is 4.96. The van der Waals surface area contributed by atoms with Gasteiger partial charge in [-0.25, -0.2) is 0 Å². The minimum absolute atomic E-state index is 0.970. The molecule has 0 N–H and O–H groups in total. The van der Waals surface area contributed by atoms with Gasteiger partial charge in [0, 0.05) is 12.8 Å². The van der Waals surface area contributed by atoms with Crippen LogP contribution in [0.2, 0.25) is 0 Å². The third-order valence-electron chi connectivity index (χ3n) is 1.02. The van der Waals surface area contributed by atoms with Gasteiger partial charge in [-0.3, -0.25) is 0 Å². The highest BCUT2D eigenvalue weighted by molar-refractivity contribution is 7.49. The van der Waals surface area contributed by atoms with E-state index in [-0.39, 0.29) is 0 Å². The summed E-state index contributed by atoms with van der Waals surface area (Å²) < 4.78 is 0. The summed E-state index contributed by atoms with van der Waals surface area (Å²) in [6.45, 7) is 4.27. The molecule has 59 valence electrons. The van der Waals surface area contributed by atoms with Crippen molar-refractivity contribution >= 4 is 8.58 Å². The van der Waals surface area contributed by atoms with Crippen molar-refractivity contribution < 1.29 is 0 Å². The van der Waals surface area contributed by atoms with E-state index in [0.717, 1.165) is 34.3 Å². The zero-order valence-corrected chi connectivity index (χ0v) is 8.17. The van der Waals surface area contributed by atoms with E-state index >= 15 is 0 Å². The normalized spacial score (nSPS) is 7.45. The zero-order chi connectivity index (χ0) is 8.36. The van der Waals surface area contributed by atoms with Crippen LogP contribution in [0.1, 0.15) is 39.5 Å². The van der Waals surface area contributed by atoms with Gasteiger partial charge in [-0.2, -0.15) is 0 Å². The maximum Gasteiger partial charge on any atom is 0.0995 e. The lowest BCUT2D eigenvalue weighted by atomic mass is 10.4. The van der Waals surface area contributed by atoms with Crippen LogP contribution in [-0.2, 0) is 0 Å². The Morgan fingerprint density at radius 2 is 1.36 bits per heavy atom. The summed E-state index contributed by atoms with van der Waals surface area (Å²) in [6, 6.07) is 0. The van der Waals surface area contributed by atoms with Gasteiger partial charge in [-0.05, 0) is 12.8 Å². The maximum absolute atomic E-state index is 3.05. The highest BCUT2D eigenvalue weighted by Crippen LogP contribution is 2.03. The van der Waals surface area contributed by atoms with Crippen LogP contribution in [0, 0.1) is 23.2 Å². The van der Waals surface area contributed by atoms with Crippen molar-refractivity contribution in [2.24, 2.45) is 0 Å². The predicted molar refractivity (Wildman–Crippen MR) is 52.3 cm³/mol. The van der Waals surface area contributed by atoms with Crippen LogP contribution in [0.15, 0.2) is 0 Å².